The summed E-state index contributed by atoms with van der Waals surface area (Å²) in [6, 6.07) is 5.55. The van der Waals surface area contributed by atoms with Crippen LogP contribution in [0.1, 0.15) is 36.8 Å². The number of benzene rings is 1. The van der Waals surface area contributed by atoms with Crippen molar-refractivity contribution in [1.82, 2.24) is 15.4 Å². The molecular formula is C24H27N3O6S2. The van der Waals surface area contributed by atoms with Gasteiger partial charge in [-0.3, -0.25) is 14.8 Å². The van der Waals surface area contributed by atoms with Gasteiger partial charge in [0.15, 0.2) is 9.84 Å². The smallest absolute Gasteiger partial charge is 0.264 e. The Morgan fingerprint density at radius 3 is 2.63 bits per heavy atom. The van der Waals surface area contributed by atoms with Gasteiger partial charge in [0.2, 0.25) is 5.91 Å². The van der Waals surface area contributed by atoms with E-state index in [4.69, 9.17) is 10.3 Å². The highest BCUT2D eigenvalue weighted by Crippen LogP contribution is 2.28. The van der Waals surface area contributed by atoms with Crippen LogP contribution in [0.25, 0.3) is 10.2 Å². The van der Waals surface area contributed by atoms with Crippen LogP contribution in [-0.2, 0) is 25.8 Å². The van der Waals surface area contributed by atoms with E-state index in [-0.39, 0.29) is 24.7 Å². The van der Waals surface area contributed by atoms with E-state index in [0.29, 0.717) is 18.1 Å². The van der Waals surface area contributed by atoms with Crippen molar-refractivity contribution in [1.29, 1.82) is 0 Å². The summed E-state index contributed by atoms with van der Waals surface area (Å²) in [5.74, 6) is 10.9. The topological polar surface area (TPSA) is 137 Å². The third-order valence-electron chi connectivity index (χ3n) is 6.18. The maximum Gasteiger partial charge on any atom is 0.264 e. The van der Waals surface area contributed by atoms with Gasteiger partial charge >= 0.3 is 0 Å². The van der Waals surface area contributed by atoms with Crippen LogP contribution >= 0.6 is 11.3 Å². The minimum absolute atomic E-state index is 0.0204. The van der Waals surface area contributed by atoms with Crippen LogP contribution < -0.4 is 5.48 Å². The molecular weight excluding hydrogens is 490 g/mol. The summed E-state index contributed by atoms with van der Waals surface area (Å²) in [5, 5.41) is 18.6. The fourth-order valence-corrected chi connectivity index (χ4v) is 5.56. The first-order valence-corrected chi connectivity index (χ1v) is 13.7. The molecule has 35 heavy (non-hydrogen) atoms. The Morgan fingerprint density at radius 1 is 1.29 bits per heavy atom. The highest BCUT2D eigenvalue weighted by molar-refractivity contribution is 7.92. The van der Waals surface area contributed by atoms with Crippen molar-refractivity contribution in [2.75, 3.05) is 26.0 Å². The van der Waals surface area contributed by atoms with Gasteiger partial charge in [-0.25, -0.2) is 18.9 Å². The van der Waals surface area contributed by atoms with Gasteiger partial charge in [0, 0.05) is 37.2 Å². The van der Waals surface area contributed by atoms with Crippen LogP contribution in [0, 0.1) is 29.6 Å². The quantitative estimate of drug-likeness (QED) is 0.297. The van der Waals surface area contributed by atoms with E-state index in [1.54, 1.807) is 4.90 Å². The molecule has 1 aromatic carbocycles. The SMILES string of the molecule is CC(CCc1nc2ccc(C#CC#CC3CCN(C(=O)CO)CC3)cc2s1)(C(=O)NO)S(C)(=O)=O. The molecule has 1 unspecified atom stereocenters. The highest BCUT2D eigenvalue weighted by atomic mass is 32.2. The molecule has 1 atom stereocenters. The second kappa shape index (κ2) is 11.2. The second-order valence-electron chi connectivity index (χ2n) is 8.57. The average Bonchev–Trinajstić information content (AvgIpc) is 3.26. The Bertz CT molecular complexity index is 1340. The van der Waals surface area contributed by atoms with Gasteiger partial charge in [-0.1, -0.05) is 11.8 Å². The van der Waals surface area contributed by atoms with Crippen LogP contribution in [-0.4, -0.2) is 71.1 Å². The number of amides is 2. The predicted octanol–water partition coefficient (Wildman–Crippen LogP) is 1.12. The van der Waals surface area contributed by atoms with E-state index in [1.165, 1.54) is 23.7 Å². The van der Waals surface area contributed by atoms with Gasteiger partial charge in [0.25, 0.3) is 5.91 Å². The summed E-state index contributed by atoms with van der Waals surface area (Å²) in [6.45, 7) is 2.00. The number of rotatable bonds is 6. The number of nitrogens with zero attached hydrogens (tertiary/aromatic N) is 2. The number of aliphatic hydroxyl groups is 1. The number of aryl methyl sites for hydroxylation is 1. The number of hydroxylamine groups is 1. The molecule has 1 fully saturated rings. The Balaban J connectivity index is 1.65. The third kappa shape index (κ3) is 6.38. The molecule has 1 aliphatic heterocycles. The zero-order valence-corrected chi connectivity index (χ0v) is 21.1. The number of carbonyl (C=O) groups is 2. The molecule has 9 nitrogen and oxygen atoms in total. The molecule has 1 aliphatic rings. The van der Waals surface area contributed by atoms with E-state index in [9.17, 15) is 18.0 Å². The maximum absolute atomic E-state index is 12.1. The lowest BCUT2D eigenvalue weighted by Gasteiger charge is -2.29. The zero-order valence-electron chi connectivity index (χ0n) is 19.5. The summed E-state index contributed by atoms with van der Waals surface area (Å²) in [4.78, 5) is 29.7. The van der Waals surface area contributed by atoms with Crippen molar-refractivity contribution in [2.45, 2.75) is 37.4 Å². The van der Waals surface area contributed by atoms with E-state index in [0.717, 1.165) is 34.9 Å². The Morgan fingerprint density at radius 2 is 2.00 bits per heavy atom. The fourth-order valence-electron chi connectivity index (χ4n) is 3.70. The van der Waals surface area contributed by atoms with Gasteiger partial charge in [0.05, 0.1) is 15.2 Å². The molecule has 2 heterocycles. The molecule has 1 aromatic heterocycles. The van der Waals surface area contributed by atoms with Crippen molar-refractivity contribution in [3.63, 3.8) is 0 Å². The number of aliphatic hydroxyl groups excluding tert-OH is 1. The number of thiazole rings is 1. The Kier molecular flexibility index (Phi) is 8.51. The minimum Gasteiger partial charge on any atom is -0.387 e. The molecule has 3 rings (SSSR count). The number of sulfone groups is 1. The van der Waals surface area contributed by atoms with Crippen LogP contribution in [0.4, 0.5) is 0 Å². The van der Waals surface area contributed by atoms with Crippen LogP contribution in [0.3, 0.4) is 0 Å². The lowest BCUT2D eigenvalue weighted by molar-refractivity contribution is -0.135. The molecule has 0 saturated carbocycles. The lowest BCUT2D eigenvalue weighted by Crippen LogP contribution is -2.49. The molecule has 0 spiro atoms. The Hall–Kier alpha value is -2.96. The van der Waals surface area contributed by atoms with E-state index >= 15 is 0 Å². The van der Waals surface area contributed by atoms with Crippen molar-refractivity contribution < 1.29 is 28.3 Å². The molecule has 0 bridgehead atoms. The van der Waals surface area contributed by atoms with Gasteiger partial charge < -0.3 is 10.0 Å². The van der Waals surface area contributed by atoms with Gasteiger partial charge in [0.1, 0.15) is 11.4 Å². The molecule has 1 saturated heterocycles. The van der Waals surface area contributed by atoms with Crippen molar-refractivity contribution in [3.8, 4) is 23.7 Å². The number of piperidine rings is 1. The summed E-state index contributed by atoms with van der Waals surface area (Å²) in [7, 11) is -3.77. The fraction of sp³-hybridized carbons (Fsp3) is 0.458. The van der Waals surface area contributed by atoms with Crippen LogP contribution in [0.15, 0.2) is 18.2 Å². The van der Waals surface area contributed by atoms with Crippen LogP contribution in [0.2, 0.25) is 0 Å². The molecule has 2 aromatic rings. The number of likely N-dealkylation sites (tertiary alicyclic amines) is 1. The molecule has 0 aliphatic carbocycles. The van der Waals surface area contributed by atoms with Gasteiger partial charge in [-0.05, 0) is 56.2 Å². The molecule has 186 valence electrons. The van der Waals surface area contributed by atoms with Crippen molar-refractivity contribution >= 4 is 43.2 Å². The van der Waals surface area contributed by atoms with Gasteiger partial charge in [-0.15, -0.1) is 11.3 Å². The van der Waals surface area contributed by atoms with E-state index in [1.807, 2.05) is 18.2 Å². The predicted molar refractivity (Wildman–Crippen MR) is 132 cm³/mol. The number of aromatic nitrogens is 1. The van der Waals surface area contributed by atoms with Crippen LogP contribution in [0.5, 0.6) is 0 Å². The largest absolute Gasteiger partial charge is 0.387 e. The first kappa shape index (κ1) is 26.6. The van der Waals surface area contributed by atoms with Gasteiger partial charge in [-0.2, -0.15) is 0 Å². The standard InChI is InChI=1S/C24H27N3O6S2/c1-24(23(30)26-31,35(2,32)33)12-9-21-25-19-8-7-18(15-20(19)34-21)6-4-3-5-17-10-13-27(14-11-17)22(29)16-28/h7-8,15,17,28,31H,9-14,16H2,1-2H3,(H,26,30). The summed E-state index contributed by atoms with van der Waals surface area (Å²) < 4.78 is 23.4. The summed E-state index contributed by atoms with van der Waals surface area (Å²) >= 11 is 1.39. The summed E-state index contributed by atoms with van der Waals surface area (Å²) in [5.41, 5.74) is 2.97. The summed E-state index contributed by atoms with van der Waals surface area (Å²) in [6.07, 6.45) is 2.72. The number of fused-ring (bicyclic) bond motifs is 1. The second-order valence-corrected chi connectivity index (χ2v) is 12.1. The maximum atomic E-state index is 12.1. The number of hydrogen-bond acceptors (Lipinski definition) is 8. The first-order chi connectivity index (χ1) is 16.6. The Labute approximate surface area is 208 Å². The highest BCUT2D eigenvalue weighted by Gasteiger charge is 2.43. The molecule has 2 amide bonds. The number of hydrogen-bond donors (Lipinski definition) is 3. The first-order valence-electron chi connectivity index (χ1n) is 11.0. The monoisotopic (exact) mass is 517 g/mol. The number of carbonyl (C=O) groups excluding carboxylic acids is 2. The minimum atomic E-state index is -3.77. The molecule has 11 heteroatoms. The normalized spacial score (nSPS) is 15.9. The average molecular weight is 518 g/mol. The molecule has 0 radical (unpaired) electrons. The molecule has 3 N–H and O–H groups in total. The van der Waals surface area contributed by atoms with E-state index < -0.39 is 27.1 Å². The number of nitrogens with one attached hydrogen (secondary N) is 1. The van der Waals surface area contributed by atoms with Crippen molar-refractivity contribution in [2.24, 2.45) is 5.92 Å². The zero-order chi connectivity index (χ0) is 25.6. The third-order valence-corrected chi connectivity index (χ3v) is 9.28. The van der Waals surface area contributed by atoms with Crippen molar-refractivity contribution in [3.05, 3.63) is 28.8 Å². The lowest BCUT2D eigenvalue weighted by atomic mass is 9.97. The van der Waals surface area contributed by atoms with E-state index in [2.05, 4.69) is 28.7 Å².